The van der Waals surface area contributed by atoms with Crippen LogP contribution >= 0.6 is 0 Å². The molecule has 1 aromatic carbocycles. The van der Waals surface area contributed by atoms with Crippen molar-refractivity contribution in [2.45, 2.75) is 50.0 Å². The number of nitrogens with one attached hydrogen (secondary N) is 4. The summed E-state index contributed by atoms with van der Waals surface area (Å²) in [4.78, 5) is 71.5. The number of hydrogen-bond donors (Lipinski definition) is 9. The monoisotopic (exact) mass is 525 g/mol. The summed E-state index contributed by atoms with van der Waals surface area (Å²) in [5.41, 5.74) is 6.59. The van der Waals surface area contributed by atoms with Crippen LogP contribution in [0.2, 0.25) is 0 Å². The summed E-state index contributed by atoms with van der Waals surface area (Å²) in [6.45, 7) is -0.576. The summed E-state index contributed by atoms with van der Waals surface area (Å²) in [6, 6.07) is 2.67. The molecule has 0 aliphatic heterocycles. The molecule has 0 fully saturated rings. The normalized spacial score (nSPS) is 14.7. The van der Waals surface area contributed by atoms with E-state index in [0.717, 1.165) is 12.5 Å². The standard InChI is InChI=1S/C22H31N5O10/c1-11(29)18(22(36)37)27-16(30)9-24-20(34)15(10-28)26-21(35)14(8-17(31)32)25-19(33)13(23)7-12-5-3-2-4-6-12/h2-6,11,13-15,18,28-29H,7-10,23H2,1H3,(H,24,34)(H,25,33)(H,26,35)(H,27,30)(H,31,32)(H,36,37)/t11-,13+,14+,15+,18+/m1/s1. The lowest BCUT2D eigenvalue weighted by Gasteiger charge is -2.22. The topological polar surface area (TPSA) is 257 Å². The summed E-state index contributed by atoms with van der Waals surface area (Å²) < 4.78 is 0. The summed E-state index contributed by atoms with van der Waals surface area (Å²) in [6.07, 6.45) is -2.17. The molecule has 0 radical (unpaired) electrons. The van der Waals surface area contributed by atoms with Gasteiger partial charge in [0.05, 0.1) is 31.7 Å². The second-order valence-corrected chi connectivity index (χ2v) is 8.04. The van der Waals surface area contributed by atoms with Crippen LogP contribution in [0.3, 0.4) is 0 Å². The fraction of sp³-hybridized carbons (Fsp3) is 0.455. The molecule has 0 aromatic heterocycles. The largest absolute Gasteiger partial charge is 0.481 e. The maximum absolute atomic E-state index is 12.6. The number of amides is 4. The first-order chi connectivity index (χ1) is 17.3. The second-order valence-electron chi connectivity index (χ2n) is 8.04. The predicted molar refractivity (Wildman–Crippen MR) is 126 cm³/mol. The van der Waals surface area contributed by atoms with Crippen molar-refractivity contribution in [3.63, 3.8) is 0 Å². The van der Waals surface area contributed by atoms with Crippen molar-refractivity contribution < 1.29 is 49.2 Å². The number of rotatable bonds is 15. The Morgan fingerprint density at radius 2 is 1.49 bits per heavy atom. The van der Waals surface area contributed by atoms with E-state index in [9.17, 15) is 39.0 Å². The van der Waals surface area contributed by atoms with Crippen LogP contribution in [0.15, 0.2) is 30.3 Å². The lowest BCUT2D eigenvalue weighted by atomic mass is 10.1. The summed E-state index contributed by atoms with van der Waals surface area (Å²) in [7, 11) is 0. The Labute approximate surface area is 211 Å². The van der Waals surface area contributed by atoms with Gasteiger partial charge in [-0.05, 0) is 18.9 Å². The van der Waals surface area contributed by atoms with Gasteiger partial charge >= 0.3 is 11.9 Å². The number of aliphatic hydroxyl groups excluding tert-OH is 2. The molecule has 37 heavy (non-hydrogen) atoms. The molecule has 204 valence electrons. The zero-order valence-corrected chi connectivity index (χ0v) is 19.9. The smallest absolute Gasteiger partial charge is 0.328 e. The molecule has 1 rings (SSSR count). The third-order valence-corrected chi connectivity index (χ3v) is 4.95. The molecule has 0 unspecified atom stereocenters. The SMILES string of the molecule is C[C@@H](O)[C@H](NC(=O)CNC(=O)[C@H](CO)NC(=O)[C@H](CC(=O)O)NC(=O)[C@@H](N)Cc1ccccc1)C(=O)O. The number of carbonyl (C=O) groups excluding carboxylic acids is 4. The zero-order valence-electron chi connectivity index (χ0n) is 19.9. The molecule has 5 atom stereocenters. The molecule has 4 amide bonds. The predicted octanol–water partition coefficient (Wildman–Crippen LogP) is -3.94. The molecule has 0 aliphatic carbocycles. The van der Waals surface area contributed by atoms with Gasteiger partial charge in [-0.2, -0.15) is 0 Å². The number of carbonyl (C=O) groups is 6. The van der Waals surface area contributed by atoms with E-state index in [1.807, 2.05) is 5.32 Å². The Kier molecular flexibility index (Phi) is 12.7. The van der Waals surface area contributed by atoms with E-state index in [0.29, 0.717) is 0 Å². The van der Waals surface area contributed by atoms with Gasteiger partial charge in [-0.3, -0.25) is 24.0 Å². The molecule has 15 nitrogen and oxygen atoms in total. The third kappa shape index (κ3) is 11.0. The number of aliphatic hydroxyl groups is 2. The number of benzene rings is 1. The van der Waals surface area contributed by atoms with Gasteiger partial charge in [-0.15, -0.1) is 0 Å². The van der Waals surface area contributed by atoms with Crippen LogP contribution in [0.1, 0.15) is 18.9 Å². The molecule has 0 bridgehead atoms. The molecule has 0 saturated carbocycles. The van der Waals surface area contributed by atoms with E-state index < -0.39 is 85.4 Å². The Morgan fingerprint density at radius 3 is 2.00 bits per heavy atom. The molecular formula is C22H31N5O10. The van der Waals surface area contributed by atoms with E-state index >= 15 is 0 Å². The lowest BCUT2D eigenvalue weighted by molar-refractivity contribution is -0.144. The Bertz CT molecular complexity index is 972. The number of aliphatic carboxylic acids is 2. The average molecular weight is 526 g/mol. The van der Waals surface area contributed by atoms with Gasteiger partial charge in [0.1, 0.15) is 12.1 Å². The highest BCUT2D eigenvalue weighted by Gasteiger charge is 2.30. The van der Waals surface area contributed by atoms with Crippen LogP contribution < -0.4 is 27.0 Å². The summed E-state index contributed by atoms with van der Waals surface area (Å²) in [5, 5.41) is 45.3. The molecule has 0 saturated heterocycles. The van der Waals surface area contributed by atoms with Crippen LogP contribution in [-0.2, 0) is 35.2 Å². The van der Waals surface area contributed by atoms with Crippen LogP contribution in [0.25, 0.3) is 0 Å². The van der Waals surface area contributed by atoms with Crippen LogP contribution in [0.5, 0.6) is 0 Å². The fourth-order valence-electron chi connectivity index (χ4n) is 2.99. The van der Waals surface area contributed by atoms with Gasteiger partial charge in [-0.1, -0.05) is 30.3 Å². The quantitative estimate of drug-likeness (QED) is 0.107. The van der Waals surface area contributed by atoms with Crippen molar-refractivity contribution in [3.8, 4) is 0 Å². The maximum Gasteiger partial charge on any atom is 0.328 e. The Balaban J connectivity index is 2.75. The summed E-state index contributed by atoms with van der Waals surface area (Å²) >= 11 is 0. The minimum absolute atomic E-state index is 0.107. The van der Waals surface area contributed by atoms with Crippen molar-refractivity contribution in [1.82, 2.24) is 21.3 Å². The molecule has 10 N–H and O–H groups in total. The van der Waals surface area contributed by atoms with Crippen LogP contribution in [0, 0.1) is 0 Å². The van der Waals surface area contributed by atoms with Crippen molar-refractivity contribution in [2.75, 3.05) is 13.2 Å². The zero-order chi connectivity index (χ0) is 28.1. The van der Waals surface area contributed by atoms with Gasteiger partial charge in [-0.25, -0.2) is 4.79 Å². The minimum atomic E-state index is -1.64. The average Bonchev–Trinajstić information content (AvgIpc) is 2.83. The third-order valence-electron chi connectivity index (χ3n) is 4.95. The maximum atomic E-state index is 12.6. The molecule has 15 heteroatoms. The van der Waals surface area contributed by atoms with Crippen LogP contribution in [-0.4, -0.2) is 99.4 Å². The molecule has 0 spiro atoms. The highest BCUT2D eigenvalue weighted by molar-refractivity contribution is 5.96. The first-order valence-electron chi connectivity index (χ1n) is 11.1. The van der Waals surface area contributed by atoms with E-state index in [4.69, 9.17) is 15.9 Å². The summed E-state index contributed by atoms with van der Waals surface area (Å²) in [5.74, 6) is -6.92. The number of hydrogen-bond acceptors (Lipinski definition) is 9. The number of nitrogens with two attached hydrogens (primary N) is 1. The first-order valence-corrected chi connectivity index (χ1v) is 11.1. The van der Waals surface area contributed by atoms with E-state index in [2.05, 4.69) is 16.0 Å². The Morgan fingerprint density at radius 1 is 0.892 bits per heavy atom. The molecule has 0 heterocycles. The van der Waals surface area contributed by atoms with Gasteiger partial charge < -0.3 is 47.4 Å². The van der Waals surface area contributed by atoms with Crippen molar-refractivity contribution >= 4 is 35.6 Å². The van der Waals surface area contributed by atoms with E-state index in [1.165, 1.54) is 0 Å². The number of carboxylic acid groups (broad SMARTS) is 2. The first kappa shape index (κ1) is 31.0. The van der Waals surface area contributed by atoms with Crippen LogP contribution in [0.4, 0.5) is 0 Å². The molecule has 1 aromatic rings. The van der Waals surface area contributed by atoms with Gasteiger partial charge in [0.15, 0.2) is 6.04 Å². The van der Waals surface area contributed by atoms with Gasteiger partial charge in [0, 0.05) is 0 Å². The van der Waals surface area contributed by atoms with Crippen molar-refractivity contribution in [3.05, 3.63) is 35.9 Å². The van der Waals surface area contributed by atoms with Crippen molar-refractivity contribution in [2.24, 2.45) is 5.73 Å². The van der Waals surface area contributed by atoms with Gasteiger partial charge in [0.2, 0.25) is 23.6 Å². The minimum Gasteiger partial charge on any atom is -0.481 e. The number of carboxylic acids is 2. The lowest BCUT2D eigenvalue weighted by Crippen LogP contribution is -2.58. The van der Waals surface area contributed by atoms with E-state index in [1.54, 1.807) is 30.3 Å². The van der Waals surface area contributed by atoms with E-state index in [-0.39, 0.29) is 6.42 Å². The highest BCUT2D eigenvalue weighted by atomic mass is 16.4. The molecular weight excluding hydrogens is 494 g/mol. The Hall–Kier alpha value is -4.08. The fourth-order valence-corrected chi connectivity index (χ4v) is 2.99. The van der Waals surface area contributed by atoms with Crippen molar-refractivity contribution in [1.29, 1.82) is 0 Å². The second kappa shape index (κ2) is 15.1. The highest BCUT2D eigenvalue weighted by Crippen LogP contribution is 2.03. The molecule has 0 aliphatic rings. The van der Waals surface area contributed by atoms with Gasteiger partial charge in [0.25, 0.3) is 0 Å².